The van der Waals surface area contributed by atoms with Gasteiger partial charge < -0.3 is 19.7 Å². The van der Waals surface area contributed by atoms with Crippen molar-refractivity contribution in [2.45, 2.75) is 57.8 Å². The number of carbonyl (C=O) groups is 2. The molecule has 224 valence electrons. The third kappa shape index (κ3) is 10.3. The second-order valence-electron chi connectivity index (χ2n) is 10.6. The van der Waals surface area contributed by atoms with E-state index in [-0.39, 0.29) is 12.8 Å². The van der Waals surface area contributed by atoms with E-state index in [0.717, 1.165) is 60.1 Å². The highest BCUT2D eigenvalue weighted by molar-refractivity contribution is 5.73. The van der Waals surface area contributed by atoms with Crippen molar-refractivity contribution in [3.8, 4) is 33.8 Å². The van der Waals surface area contributed by atoms with E-state index in [2.05, 4.69) is 60.7 Å². The Morgan fingerprint density at radius 1 is 0.535 bits per heavy atom. The summed E-state index contributed by atoms with van der Waals surface area (Å²) in [6.07, 6.45) is 5.72. The van der Waals surface area contributed by atoms with Crippen LogP contribution in [0.25, 0.3) is 22.3 Å². The van der Waals surface area contributed by atoms with Crippen LogP contribution in [0.3, 0.4) is 0 Å². The number of aryl methyl sites for hydroxylation is 1. The van der Waals surface area contributed by atoms with Gasteiger partial charge in [0.05, 0.1) is 13.2 Å². The van der Waals surface area contributed by atoms with Crippen molar-refractivity contribution >= 4 is 11.9 Å². The lowest BCUT2D eigenvalue weighted by Gasteiger charge is -2.15. The first-order valence-corrected chi connectivity index (χ1v) is 15.1. The van der Waals surface area contributed by atoms with Gasteiger partial charge in [-0.05, 0) is 89.8 Å². The third-order valence-electron chi connectivity index (χ3n) is 7.36. The monoisotopic (exact) mass is 580 g/mol. The third-order valence-corrected chi connectivity index (χ3v) is 7.36. The van der Waals surface area contributed by atoms with Crippen molar-refractivity contribution < 1.29 is 29.3 Å². The molecule has 0 aromatic heterocycles. The molecule has 0 amide bonds. The molecular formula is C37H40O6. The van der Waals surface area contributed by atoms with Crippen LogP contribution in [0.4, 0.5) is 0 Å². The van der Waals surface area contributed by atoms with Crippen LogP contribution in [-0.4, -0.2) is 35.4 Å². The maximum Gasteiger partial charge on any atom is 0.303 e. The first kappa shape index (κ1) is 31.4. The fourth-order valence-electron chi connectivity index (χ4n) is 5.14. The van der Waals surface area contributed by atoms with Crippen LogP contribution in [0.1, 0.15) is 56.1 Å². The molecule has 0 radical (unpaired) electrons. The number of carboxylic acids is 2. The topological polar surface area (TPSA) is 93.1 Å². The standard InChI is InChI=1S/C37H40O6/c38-36(39)21-11-25-43-35-20-10-15-29(34(35)22-23-37(40)41)14-4-1-2-7-24-42-33-19-9-18-32(27-33)31-17-8-16-30(26-31)28-12-5-3-6-13-28/h3,5-6,8-10,12-13,15-20,26-27H,1-2,4,7,11,14,21-25H2,(H,38,39)(H,40,41). The lowest BCUT2D eigenvalue weighted by Crippen LogP contribution is -2.07. The summed E-state index contributed by atoms with van der Waals surface area (Å²) in [4.78, 5) is 22.0. The molecule has 0 saturated carbocycles. The Bertz CT molecular complexity index is 1460. The van der Waals surface area contributed by atoms with Gasteiger partial charge in [-0.1, -0.05) is 85.6 Å². The zero-order valence-corrected chi connectivity index (χ0v) is 24.5. The minimum absolute atomic E-state index is 0.0273. The van der Waals surface area contributed by atoms with E-state index >= 15 is 0 Å². The maximum atomic E-state index is 11.2. The fourth-order valence-corrected chi connectivity index (χ4v) is 5.14. The molecule has 0 fully saturated rings. The Morgan fingerprint density at radius 2 is 1.16 bits per heavy atom. The van der Waals surface area contributed by atoms with Gasteiger partial charge in [0.25, 0.3) is 0 Å². The SMILES string of the molecule is O=C(O)CCCOc1cccc(CCCCCCOc2cccc(-c3cccc(-c4ccccc4)c3)c2)c1CCC(=O)O. The Morgan fingerprint density at radius 3 is 1.93 bits per heavy atom. The van der Waals surface area contributed by atoms with Crippen molar-refractivity contribution in [1.82, 2.24) is 0 Å². The van der Waals surface area contributed by atoms with Gasteiger partial charge >= 0.3 is 11.9 Å². The van der Waals surface area contributed by atoms with Crippen LogP contribution in [-0.2, 0) is 22.4 Å². The molecule has 0 bridgehead atoms. The van der Waals surface area contributed by atoms with E-state index < -0.39 is 11.9 Å². The lowest BCUT2D eigenvalue weighted by atomic mass is 9.97. The summed E-state index contributed by atoms with van der Waals surface area (Å²) in [5, 5.41) is 18.1. The zero-order valence-electron chi connectivity index (χ0n) is 24.5. The molecule has 4 aromatic carbocycles. The van der Waals surface area contributed by atoms with Gasteiger partial charge in [0.1, 0.15) is 11.5 Å². The highest BCUT2D eigenvalue weighted by Gasteiger charge is 2.12. The first-order valence-electron chi connectivity index (χ1n) is 15.1. The van der Waals surface area contributed by atoms with Gasteiger partial charge in [0.2, 0.25) is 0 Å². The minimum atomic E-state index is -0.854. The van der Waals surface area contributed by atoms with Gasteiger partial charge in [-0.2, -0.15) is 0 Å². The van der Waals surface area contributed by atoms with Crippen molar-refractivity contribution in [2.24, 2.45) is 0 Å². The molecule has 0 aliphatic rings. The van der Waals surface area contributed by atoms with Gasteiger partial charge in [0, 0.05) is 12.8 Å². The van der Waals surface area contributed by atoms with Gasteiger partial charge in [-0.3, -0.25) is 9.59 Å². The summed E-state index contributed by atoms with van der Waals surface area (Å²) < 4.78 is 11.9. The number of hydrogen-bond acceptors (Lipinski definition) is 4. The van der Waals surface area contributed by atoms with E-state index in [1.165, 1.54) is 11.1 Å². The average molecular weight is 581 g/mol. The Hall–Kier alpha value is -4.58. The minimum Gasteiger partial charge on any atom is -0.494 e. The largest absolute Gasteiger partial charge is 0.494 e. The van der Waals surface area contributed by atoms with Crippen molar-refractivity contribution in [3.63, 3.8) is 0 Å². The smallest absolute Gasteiger partial charge is 0.303 e. The molecule has 2 N–H and O–H groups in total. The Balaban J connectivity index is 1.23. The molecular weight excluding hydrogens is 540 g/mol. The molecule has 0 aliphatic carbocycles. The van der Waals surface area contributed by atoms with E-state index in [4.69, 9.17) is 14.6 Å². The van der Waals surface area contributed by atoms with E-state index in [9.17, 15) is 14.7 Å². The molecule has 0 atom stereocenters. The van der Waals surface area contributed by atoms with Gasteiger partial charge in [-0.15, -0.1) is 0 Å². The van der Waals surface area contributed by atoms with Crippen molar-refractivity contribution in [1.29, 1.82) is 0 Å². The lowest BCUT2D eigenvalue weighted by molar-refractivity contribution is -0.138. The second-order valence-corrected chi connectivity index (χ2v) is 10.6. The summed E-state index contributed by atoms with van der Waals surface area (Å²) in [5.74, 6) is -0.178. The first-order chi connectivity index (χ1) is 21.0. The van der Waals surface area contributed by atoms with E-state index in [1.807, 2.05) is 36.4 Å². The van der Waals surface area contributed by atoms with Crippen LogP contribution in [0.5, 0.6) is 11.5 Å². The predicted octanol–water partition coefficient (Wildman–Crippen LogP) is 8.46. The number of unbranched alkanes of at least 4 members (excludes halogenated alkanes) is 3. The molecule has 4 rings (SSSR count). The molecule has 0 saturated heterocycles. The van der Waals surface area contributed by atoms with Crippen LogP contribution in [0, 0.1) is 0 Å². The van der Waals surface area contributed by atoms with Gasteiger partial charge in [0.15, 0.2) is 0 Å². The molecule has 0 heterocycles. The fraction of sp³-hybridized carbons (Fsp3) is 0.297. The van der Waals surface area contributed by atoms with E-state index in [1.54, 1.807) is 0 Å². The summed E-state index contributed by atoms with van der Waals surface area (Å²) in [7, 11) is 0. The van der Waals surface area contributed by atoms with Crippen LogP contribution < -0.4 is 9.47 Å². The number of benzene rings is 4. The maximum absolute atomic E-state index is 11.2. The molecule has 0 unspecified atom stereocenters. The van der Waals surface area contributed by atoms with Crippen LogP contribution >= 0.6 is 0 Å². The second kappa shape index (κ2) is 16.8. The van der Waals surface area contributed by atoms with Crippen molar-refractivity contribution in [2.75, 3.05) is 13.2 Å². The number of aliphatic carboxylic acids is 2. The van der Waals surface area contributed by atoms with Crippen LogP contribution in [0.15, 0.2) is 97.1 Å². The number of rotatable bonds is 18. The highest BCUT2D eigenvalue weighted by Crippen LogP contribution is 2.29. The van der Waals surface area contributed by atoms with Crippen molar-refractivity contribution in [3.05, 3.63) is 108 Å². The molecule has 4 aromatic rings. The molecule has 6 heteroatoms. The Labute approximate surface area is 253 Å². The summed E-state index contributed by atoms with van der Waals surface area (Å²) >= 11 is 0. The summed E-state index contributed by atoms with van der Waals surface area (Å²) in [6, 6.07) is 33.0. The summed E-state index contributed by atoms with van der Waals surface area (Å²) in [6.45, 7) is 0.940. The molecule has 0 spiro atoms. The molecule has 43 heavy (non-hydrogen) atoms. The van der Waals surface area contributed by atoms with Crippen LogP contribution in [0.2, 0.25) is 0 Å². The van der Waals surface area contributed by atoms with Gasteiger partial charge in [-0.25, -0.2) is 0 Å². The molecule has 0 aliphatic heterocycles. The predicted molar refractivity (Wildman–Crippen MR) is 170 cm³/mol. The quantitative estimate of drug-likeness (QED) is 0.115. The van der Waals surface area contributed by atoms with E-state index in [0.29, 0.717) is 31.8 Å². The highest BCUT2D eigenvalue weighted by atomic mass is 16.5. The number of ether oxygens (including phenoxy) is 2. The number of hydrogen-bond donors (Lipinski definition) is 2. The molecule has 6 nitrogen and oxygen atoms in total. The zero-order chi connectivity index (χ0) is 30.3. The summed E-state index contributed by atoms with van der Waals surface area (Å²) in [5.41, 5.74) is 6.68. The number of carboxylic acid groups (broad SMARTS) is 2. The normalized spacial score (nSPS) is 10.8. The average Bonchev–Trinajstić information content (AvgIpc) is 3.02. The Kier molecular flexibility index (Phi) is 12.2.